The lowest BCUT2D eigenvalue weighted by Gasteiger charge is -2.19. The molecule has 1 fully saturated rings. The molecule has 0 aliphatic heterocycles. The molecule has 0 saturated heterocycles. The molecule has 1 N–H and O–H groups in total. The van der Waals surface area contributed by atoms with Gasteiger partial charge in [-0.05, 0) is 37.6 Å². The molecule has 0 radical (unpaired) electrons. The largest absolute Gasteiger partial charge is 0.316 e. The molecule has 0 aromatic heterocycles. The highest BCUT2D eigenvalue weighted by molar-refractivity contribution is 5.22. The van der Waals surface area contributed by atoms with Crippen LogP contribution in [0.25, 0.3) is 0 Å². The van der Waals surface area contributed by atoms with Crippen molar-refractivity contribution >= 4 is 0 Å². The first kappa shape index (κ1) is 11.6. The fraction of sp³-hybridized carbons (Fsp3) is 0.571. The molecule has 0 amide bonds. The minimum Gasteiger partial charge on any atom is -0.316 e. The molecule has 0 heterocycles. The first-order valence-corrected chi connectivity index (χ1v) is 6.30. The summed E-state index contributed by atoms with van der Waals surface area (Å²) >= 11 is 0. The lowest BCUT2D eigenvalue weighted by molar-refractivity contribution is 0.269. The molecule has 1 saturated carbocycles. The van der Waals surface area contributed by atoms with Crippen molar-refractivity contribution in [2.45, 2.75) is 38.9 Å². The van der Waals surface area contributed by atoms with Crippen LogP contribution in [0, 0.1) is 0 Å². The second kappa shape index (κ2) is 5.46. The highest BCUT2D eigenvalue weighted by Gasteiger charge is 2.27. The van der Waals surface area contributed by atoms with Crippen LogP contribution in [0.5, 0.6) is 0 Å². The van der Waals surface area contributed by atoms with Gasteiger partial charge in [0.05, 0.1) is 0 Å². The number of benzene rings is 1. The fourth-order valence-electron chi connectivity index (χ4n) is 2.14. The maximum Gasteiger partial charge on any atom is 0.0236 e. The lowest BCUT2D eigenvalue weighted by atomic mass is 10.1. The Balaban J connectivity index is 1.92. The predicted octanol–water partition coefficient (Wildman–Crippen LogP) is 2.39. The summed E-state index contributed by atoms with van der Waals surface area (Å²) in [5, 5.41) is 3.17. The lowest BCUT2D eigenvalue weighted by Crippen LogP contribution is -2.24. The summed E-state index contributed by atoms with van der Waals surface area (Å²) < 4.78 is 0. The molecule has 1 aliphatic carbocycles. The van der Waals surface area contributed by atoms with Crippen molar-refractivity contribution in [3.05, 3.63) is 35.4 Å². The first-order chi connectivity index (χ1) is 7.83. The average molecular weight is 218 g/mol. The molecule has 1 aliphatic rings. The van der Waals surface area contributed by atoms with Crippen molar-refractivity contribution in [3.63, 3.8) is 0 Å². The van der Waals surface area contributed by atoms with Gasteiger partial charge >= 0.3 is 0 Å². The van der Waals surface area contributed by atoms with Gasteiger partial charge in [0.1, 0.15) is 0 Å². The highest BCUT2D eigenvalue weighted by atomic mass is 15.2. The van der Waals surface area contributed by atoms with Crippen LogP contribution in [0.4, 0.5) is 0 Å². The van der Waals surface area contributed by atoms with Gasteiger partial charge < -0.3 is 5.32 Å². The van der Waals surface area contributed by atoms with Crippen LogP contribution in [0.15, 0.2) is 24.3 Å². The van der Waals surface area contributed by atoms with Crippen LogP contribution in [0.1, 0.15) is 30.9 Å². The van der Waals surface area contributed by atoms with E-state index in [1.54, 1.807) is 0 Å². The third-order valence-corrected chi connectivity index (χ3v) is 3.26. The Labute approximate surface area is 98.7 Å². The molecule has 0 unspecified atom stereocenters. The number of rotatable bonds is 6. The number of nitrogens with one attached hydrogen (secondary N) is 1. The Kier molecular flexibility index (Phi) is 3.97. The van der Waals surface area contributed by atoms with Crippen molar-refractivity contribution in [2.75, 3.05) is 13.6 Å². The maximum absolute atomic E-state index is 3.17. The van der Waals surface area contributed by atoms with Crippen LogP contribution < -0.4 is 5.32 Å². The van der Waals surface area contributed by atoms with Crippen molar-refractivity contribution in [3.8, 4) is 0 Å². The average Bonchev–Trinajstić information content (AvgIpc) is 3.12. The van der Waals surface area contributed by atoms with Crippen LogP contribution in [-0.4, -0.2) is 24.5 Å². The van der Waals surface area contributed by atoms with E-state index in [-0.39, 0.29) is 0 Å². The van der Waals surface area contributed by atoms with Crippen molar-refractivity contribution < 1.29 is 0 Å². The smallest absolute Gasteiger partial charge is 0.0236 e. The summed E-state index contributed by atoms with van der Waals surface area (Å²) in [6, 6.07) is 9.84. The first-order valence-electron chi connectivity index (χ1n) is 6.30. The van der Waals surface area contributed by atoms with Crippen molar-refractivity contribution in [1.29, 1.82) is 0 Å². The predicted molar refractivity (Wildman–Crippen MR) is 68.3 cm³/mol. The van der Waals surface area contributed by atoms with Gasteiger partial charge in [-0.2, -0.15) is 0 Å². The van der Waals surface area contributed by atoms with Gasteiger partial charge in [-0.15, -0.1) is 0 Å². The molecule has 0 atom stereocenters. The zero-order chi connectivity index (χ0) is 11.4. The number of nitrogens with zero attached hydrogens (tertiary/aromatic N) is 1. The minimum atomic E-state index is 0.863. The van der Waals surface area contributed by atoms with Crippen LogP contribution in [-0.2, 0) is 13.1 Å². The molecule has 2 nitrogen and oxygen atoms in total. The Bertz CT molecular complexity index is 314. The second-order valence-electron chi connectivity index (χ2n) is 4.64. The van der Waals surface area contributed by atoms with Crippen LogP contribution in [0.3, 0.4) is 0 Å². The summed E-state index contributed by atoms with van der Waals surface area (Å²) in [5.74, 6) is 0. The molecule has 2 rings (SSSR count). The second-order valence-corrected chi connectivity index (χ2v) is 4.64. The molecular formula is C14H22N2. The molecule has 2 heteroatoms. The Hall–Kier alpha value is -0.860. The van der Waals surface area contributed by atoms with E-state index < -0.39 is 0 Å². The van der Waals surface area contributed by atoms with E-state index in [4.69, 9.17) is 0 Å². The molecular weight excluding hydrogens is 196 g/mol. The molecule has 1 aromatic carbocycles. The van der Waals surface area contributed by atoms with Gasteiger partial charge in [0.15, 0.2) is 0 Å². The van der Waals surface area contributed by atoms with E-state index in [9.17, 15) is 0 Å². The third-order valence-electron chi connectivity index (χ3n) is 3.26. The summed E-state index contributed by atoms with van der Waals surface area (Å²) in [6.45, 7) is 5.50. The van der Waals surface area contributed by atoms with E-state index >= 15 is 0 Å². The standard InChI is InChI=1S/C14H22N2/c1-3-16(14-8-9-14)11-13-6-4-12(5-7-13)10-15-2/h4-7,14-15H,3,8-11H2,1-2H3. The summed E-state index contributed by atoms with van der Waals surface area (Å²) in [7, 11) is 1.99. The normalized spacial score (nSPS) is 15.7. The summed E-state index contributed by atoms with van der Waals surface area (Å²) in [6.07, 6.45) is 2.79. The quantitative estimate of drug-likeness (QED) is 0.788. The van der Waals surface area contributed by atoms with Crippen LogP contribution >= 0.6 is 0 Å². The van der Waals surface area contributed by atoms with E-state index in [1.807, 2.05) is 7.05 Å². The van der Waals surface area contributed by atoms with Crippen molar-refractivity contribution in [1.82, 2.24) is 10.2 Å². The Morgan fingerprint density at radius 3 is 2.31 bits per heavy atom. The van der Waals surface area contributed by atoms with Crippen LogP contribution in [0.2, 0.25) is 0 Å². The highest BCUT2D eigenvalue weighted by Crippen LogP contribution is 2.27. The van der Waals surface area contributed by atoms with Gasteiger partial charge in [-0.3, -0.25) is 4.90 Å². The minimum absolute atomic E-state index is 0.863. The monoisotopic (exact) mass is 218 g/mol. The topological polar surface area (TPSA) is 15.3 Å². The van der Waals surface area contributed by atoms with Crippen molar-refractivity contribution in [2.24, 2.45) is 0 Å². The molecule has 88 valence electrons. The fourth-order valence-corrected chi connectivity index (χ4v) is 2.14. The van der Waals surface area contributed by atoms with Gasteiger partial charge in [-0.25, -0.2) is 0 Å². The van der Waals surface area contributed by atoms with Gasteiger partial charge in [0.25, 0.3) is 0 Å². The van der Waals surface area contributed by atoms with E-state index in [1.165, 1.54) is 30.5 Å². The van der Waals surface area contributed by atoms with Gasteiger partial charge in [-0.1, -0.05) is 31.2 Å². The number of hydrogen-bond acceptors (Lipinski definition) is 2. The van der Waals surface area contributed by atoms with Gasteiger partial charge in [0, 0.05) is 19.1 Å². The zero-order valence-corrected chi connectivity index (χ0v) is 10.4. The summed E-state index contributed by atoms with van der Waals surface area (Å²) in [4.78, 5) is 2.58. The van der Waals surface area contributed by atoms with Gasteiger partial charge in [0.2, 0.25) is 0 Å². The third kappa shape index (κ3) is 3.06. The molecule has 0 spiro atoms. The Morgan fingerprint density at radius 1 is 1.19 bits per heavy atom. The van der Waals surface area contributed by atoms with E-state index in [2.05, 4.69) is 41.4 Å². The molecule has 0 bridgehead atoms. The molecule has 16 heavy (non-hydrogen) atoms. The summed E-state index contributed by atoms with van der Waals surface area (Å²) in [5.41, 5.74) is 2.80. The Morgan fingerprint density at radius 2 is 1.81 bits per heavy atom. The zero-order valence-electron chi connectivity index (χ0n) is 10.4. The SMILES string of the molecule is CCN(Cc1ccc(CNC)cc1)C1CC1. The number of hydrogen-bond donors (Lipinski definition) is 1. The molecule has 1 aromatic rings. The maximum atomic E-state index is 3.17. The van der Waals surface area contributed by atoms with E-state index in [0.717, 1.165) is 19.1 Å². The van der Waals surface area contributed by atoms with E-state index in [0.29, 0.717) is 0 Å².